The molecule has 6 nitrogen and oxygen atoms in total. The second kappa shape index (κ2) is 3.75. The fraction of sp³-hybridized carbons (Fsp3) is 0.625. The summed E-state index contributed by atoms with van der Waals surface area (Å²) >= 11 is 0. The van der Waals surface area contributed by atoms with Crippen LogP contribution in [0.25, 0.3) is 0 Å². The lowest BCUT2D eigenvalue weighted by Crippen LogP contribution is -2.36. The summed E-state index contributed by atoms with van der Waals surface area (Å²) < 4.78 is 9.97. The van der Waals surface area contributed by atoms with Gasteiger partial charge in [-0.2, -0.15) is 4.98 Å². The maximum Gasteiger partial charge on any atom is 0.295 e. The molecular weight excluding hydrogens is 186 g/mol. The Morgan fingerprint density at radius 2 is 2.14 bits per heavy atom. The number of rotatable bonds is 2. The fourth-order valence-corrected chi connectivity index (χ4v) is 1.25. The molecule has 0 saturated carbocycles. The third kappa shape index (κ3) is 1.74. The summed E-state index contributed by atoms with van der Waals surface area (Å²) in [7, 11) is 0. The van der Waals surface area contributed by atoms with Gasteiger partial charge in [0.15, 0.2) is 0 Å². The van der Waals surface area contributed by atoms with Crippen LogP contribution in [0, 0.1) is 0 Å². The first-order valence-corrected chi connectivity index (χ1v) is 4.45. The first-order chi connectivity index (χ1) is 6.77. The SMILES string of the molecule is CC(=O)c1nc(N2CCOCC2)no1. The first-order valence-electron chi connectivity index (χ1n) is 4.45. The van der Waals surface area contributed by atoms with Crippen molar-refractivity contribution in [1.29, 1.82) is 0 Å². The van der Waals surface area contributed by atoms with Gasteiger partial charge in [0.2, 0.25) is 5.78 Å². The Morgan fingerprint density at radius 3 is 2.71 bits per heavy atom. The van der Waals surface area contributed by atoms with Crippen molar-refractivity contribution >= 4 is 11.7 Å². The maximum absolute atomic E-state index is 10.9. The topological polar surface area (TPSA) is 68.5 Å². The van der Waals surface area contributed by atoms with Gasteiger partial charge in [0.1, 0.15) is 0 Å². The molecule has 0 aromatic carbocycles. The van der Waals surface area contributed by atoms with Gasteiger partial charge in [-0.25, -0.2) is 0 Å². The Kier molecular flexibility index (Phi) is 2.45. The third-order valence-electron chi connectivity index (χ3n) is 2.01. The molecule has 0 spiro atoms. The molecule has 14 heavy (non-hydrogen) atoms. The minimum atomic E-state index is -0.211. The Balaban J connectivity index is 2.11. The number of hydrogen-bond donors (Lipinski definition) is 0. The van der Waals surface area contributed by atoms with Crippen molar-refractivity contribution in [3.63, 3.8) is 0 Å². The number of aromatic nitrogens is 2. The number of morpholine rings is 1. The number of ether oxygens (including phenoxy) is 1. The molecule has 1 aromatic heterocycles. The van der Waals surface area contributed by atoms with Gasteiger partial charge in [-0.15, -0.1) is 0 Å². The van der Waals surface area contributed by atoms with Crippen LogP contribution in [0.5, 0.6) is 0 Å². The second-order valence-electron chi connectivity index (χ2n) is 3.06. The van der Waals surface area contributed by atoms with Crippen molar-refractivity contribution in [3.8, 4) is 0 Å². The standard InChI is InChI=1S/C8H11N3O3/c1-6(12)7-9-8(10-14-7)11-2-4-13-5-3-11/h2-5H2,1H3. The van der Waals surface area contributed by atoms with E-state index >= 15 is 0 Å². The zero-order valence-electron chi connectivity index (χ0n) is 7.89. The number of hydrogen-bond acceptors (Lipinski definition) is 6. The zero-order valence-corrected chi connectivity index (χ0v) is 7.89. The lowest BCUT2D eigenvalue weighted by molar-refractivity contribution is 0.0972. The molecule has 6 heteroatoms. The minimum Gasteiger partial charge on any atom is -0.378 e. The molecule has 1 aliphatic heterocycles. The van der Waals surface area contributed by atoms with Crippen molar-refractivity contribution < 1.29 is 14.1 Å². The van der Waals surface area contributed by atoms with Crippen molar-refractivity contribution in [1.82, 2.24) is 10.1 Å². The van der Waals surface area contributed by atoms with Gasteiger partial charge < -0.3 is 14.2 Å². The molecule has 76 valence electrons. The van der Waals surface area contributed by atoms with E-state index in [9.17, 15) is 4.79 Å². The van der Waals surface area contributed by atoms with Gasteiger partial charge >= 0.3 is 0 Å². The Bertz CT molecular complexity index is 330. The molecule has 2 rings (SSSR count). The number of anilines is 1. The monoisotopic (exact) mass is 197 g/mol. The van der Waals surface area contributed by atoms with E-state index in [0.29, 0.717) is 19.2 Å². The summed E-state index contributed by atoms with van der Waals surface area (Å²) in [6.07, 6.45) is 0. The van der Waals surface area contributed by atoms with E-state index in [-0.39, 0.29) is 11.7 Å². The highest BCUT2D eigenvalue weighted by Crippen LogP contribution is 2.11. The van der Waals surface area contributed by atoms with Crippen LogP contribution in [0.3, 0.4) is 0 Å². The molecular formula is C8H11N3O3. The molecule has 2 heterocycles. The lowest BCUT2D eigenvalue weighted by Gasteiger charge is -2.24. The Labute approximate surface area is 80.8 Å². The fourth-order valence-electron chi connectivity index (χ4n) is 1.25. The molecule has 0 N–H and O–H groups in total. The van der Waals surface area contributed by atoms with Crippen molar-refractivity contribution in [2.75, 3.05) is 31.2 Å². The van der Waals surface area contributed by atoms with Crippen LogP contribution in [0.15, 0.2) is 4.52 Å². The predicted molar refractivity (Wildman–Crippen MR) is 47.3 cm³/mol. The number of nitrogens with zero attached hydrogens (tertiary/aromatic N) is 3. The molecule has 0 unspecified atom stereocenters. The van der Waals surface area contributed by atoms with E-state index < -0.39 is 0 Å². The number of ketones is 1. The zero-order chi connectivity index (χ0) is 9.97. The van der Waals surface area contributed by atoms with E-state index in [1.165, 1.54) is 6.92 Å². The number of carbonyl (C=O) groups is 1. The quantitative estimate of drug-likeness (QED) is 0.627. The molecule has 0 amide bonds. The number of Topliss-reactive ketones (excluding diaryl/α,β-unsaturated/α-hetero) is 1. The van der Waals surface area contributed by atoms with Gasteiger partial charge in [0, 0.05) is 20.0 Å². The van der Waals surface area contributed by atoms with Crippen molar-refractivity contribution in [2.45, 2.75) is 6.92 Å². The average Bonchev–Trinajstić information content (AvgIpc) is 2.68. The van der Waals surface area contributed by atoms with Crippen LogP contribution < -0.4 is 4.90 Å². The first kappa shape index (κ1) is 9.14. The summed E-state index contributed by atoms with van der Waals surface area (Å²) in [6, 6.07) is 0. The summed E-state index contributed by atoms with van der Waals surface area (Å²) in [6.45, 7) is 4.18. The van der Waals surface area contributed by atoms with Crippen LogP contribution >= 0.6 is 0 Å². The lowest BCUT2D eigenvalue weighted by atomic mass is 10.4. The molecule has 1 saturated heterocycles. The van der Waals surface area contributed by atoms with E-state index in [4.69, 9.17) is 9.26 Å². The van der Waals surface area contributed by atoms with E-state index in [0.717, 1.165) is 13.1 Å². The maximum atomic E-state index is 10.9. The second-order valence-corrected chi connectivity index (χ2v) is 3.06. The van der Waals surface area contributed by atoms with Gasteiger partial charge in [-0.3, -0.25) is 4.79 Å². The largest absolute Gasteiger partial charge is 0.378 e. The van der Waals surface area contributed by atoms with Crippen LogP contribution in [0.4, 0.5) is 5.95 Å². The summed E-state index contributed by atoms with van der Waals surface area (Å²) in [5, 5.41) is 3.72. The van der Waals surface area contributed by atoms with Crippen LogP contribution in [0.1, 0.15) is 17.6 Å². The summed E-state index contributed by atoms with van der Waals surface area (Å²) in [5.41, 5.74) is 0. The van der Waals surface area contributed by atoms with Gasteiger partial charge in [-0.1, -0.05) is 0 Å². The highest BCUT2D eigenvalue weighted by molar-refractivity contribution is 5.89. The molecule has 0 radical (unpaired) electrons. The molecule has 0 bridgehead atoms. The summed E-state index contributed by atoms with van der Waals surface area (Å²) in [5.74, 6) is 0.321. The van der Waals surface area contributed by atoms with Crippen LogP contribution in [0.2, 0.25) is 0 Å². The van der Waals surface area contributed by atoms with Gasteiger partial charge in [-0.05, 0) is 5.16 Å². The molecule has 1 fully saturated rings. The van der Waals surface area contributed by atoms with Gasteiger partial charge in [0.05, 0.1) is 13.2 Å². The molecule has 1 aromatic rings. The van der Waals surface area contributed by atoms with Crippen LogP contribution in [-0.4, -0.2) is 42.2 Å². The minimum absolute atomic E-state index is 0.0616. The molecule has 1 aliphatic rings. The number of carbonyl (C=O) groups excluding carboxylic acids is 1. The normalized spacial score (nSPS) is 17.1. The average molecular weight is 197 g/mol. The highest BCUT2D eigenvalue weighted by Gasteiger charge is 2.18. The Hall–Kier alpha value is -1.43. The van der Waals surface area contributed by atoms with E-state index in [1.54, 1.807) is 0 Å². The molecule has 0 atom stereocenters. The van der Waals surface area contributed by atoms with Gasteiger partial charge in [0.25, 0.3) is 11.8 Å². The Morgan fingerprint density at radius 1 is 1.43 bits per heavy atom. The van der Waals surface area contributed by atoms with E-state index in [2.05, 4.69) is 10.1 Å². The smallest absolute Gasteiger partial charge is 0.295 e. The van der Waals surface area contributed by atoms with Crippen molar-refractivity contribution in [3.05, 3.63) is 5.89 Å². The predicted octanol–water partition coefficient (Wildman–Crippen LogP) is 0.109. The third-order valence-corrected chi connectivity index (χ3v) is 2.01. The van der Waals surface area contributed by atoms with Crippen LogP contribution in [-0.2, 0) is 4.74 Å². The highest BCUT2D eigenvalue weighted by atomic mass is 16.5. The summed E-state index contributed by atoms with van der Waals surface area (Å²) in [4.78, 5) is 16.8. The van der Waals surface area contributed by atoms with Crippen molar-refractivity contribution in [2.24, 2.45) is 0 Å². The van der Waals surface area contributed by atoms with E-state index in [1.807, 2.05) is 4.90 Å². The molecule has 0 aliphatic carbocycles.